The number of hydrogen-bond donors (Lipinski definition) is 0. The molecule has 0 saturated carbocycles. The van der Waals surface area contributed by atoms with Crippen LogP contribution in [-0.4, -0.2) is 23.8 Å². The predicted octanol–water partition coefficient (Wildman–Crippen LogP) is 5.85. The van der Waals surface area contributed by atoms with Gasteiger partial charge in [-0.3, -0.25) is 9.36 Å². The number of carbonyl (C=O) groups excluding carboxylic acids is 1. The van der Waals surface area contributed by atoms with Crippen molar-refractivity contribution in [3.05, 3.63) is 126 Å². The third-order valence-electron chi connectivity index (χ3n) is 6.94. The number of aromatic nitrogens is 1. The van der Waals surface area contributed by atoms with Gasteiger partial charge in [-0.15, -0.1) is 0 Å². The molecular formula is C34H34N2O4S. The maximum atomic E-state index is 14.0. The molecule has 5 rings (SSSR count). The third kappa shape index (κ3) is 5.95. The summed E-state index contributed by atoms with van der Waals surface area (Å²) in [6.07, 6.45) is 2.80. The highest BCUT2D eigenvalue weighted by Gasteiger charge is 2.35. The van der Waals surface area contributed by atoms with Gasteiger partial charge in [0.05, 0.1) is 35.1 Å². The van der Waals surface area contributed by atoms with Gasteiger partial charge in [-0.25, -0.2) is 9.79 Å². The van der Waals surface area contributed by atoms with Crippen LogP contribution >= 0.6 is 11.3 Å². The van der Waals surface area contributed by atoms with Gasteiger partial charge in [0, 0.05) is 5.56 Å². The molecule has 3 aromatic carbocycles. The van der Waals surface area contributed by atoms with E-state index in [9.17, 15) is 9.59 Å². The van der Waals surface area contributed by atoms with E-state index in [1.54, 1.807) is 11.5 Å². The zero-order chi connectivity index (χ0) is 28.9. The Balaban J connectivity index is 1.72. The zero-order valence-corrected chi connectivity index (χ0v) is 24.6. The van der Waals surface area contributed by atoms with Crippen LogP contribution < -0.4 is 19.6 Å². The first-order valence-corrected chi connectivity index (χ1v) is 14.8. The quantitative estimate of drug-likeness (QED) is 0.239. The van der Waals surface area contributed by atoms with Crippen molar-refractivity contribution in [3.63, 3.8) is 0 Å². The average molecular weight is 567 g/mol. The molecule has 1 aromatic heterocycles. The molecule has 210 valence electrons. The molecular weight excluding hydrogens is 532 g/mol. The van der Waals surface area contributed by atoms with Gasteiger partial charge >= 0.3 is 5.97 Å². The minimum atomic E-state index is -0.686. The van der Waals surface area contributed by atoms with Crippen molar-refractivity contribution in [2.45, 2.75) is 46.1 Å². The maximum absolute atomic E-state index is 14.0. The van der Waals surface area contributed by atoms with E-state index in [-0.39, 0.29) is 12.2 Å². The van der Waals surface area contributed by atoms with E-state index in [0.717, 1.165) is 28.9 Å². The number of thiazole rings is 1. The summed E-state index contributed by atoms with van der Waals surface area (Å²) in [6, 6.07) is 24.7. The van der Waals surface area contributed by atoms with Crippen molar-refractivity contribution in [2.75, 3.05) is 13.2 Å². The van der Waals surface area contributed by atoms with E-state index in [2.05, 4.69) is 32.9 Å². The first-order valence-electron chi connectivity index (χ1n) is 14.0. The molecule has 0 amide bonds. The summed E-state index contributed by atoms with van der Waals surface area (Å²) in [5, 5.41) is 0. The fourth-order valence-corrected chi connectivity index (χ4v) is 5.85. The van der Waals surface area contributed by atoms with Crippen LogP contribution in [0, 0.1) is 0 Å². The fraction of sp³-hybridized carbons (Fsp3) is 0.265. The van der Waals surface area contributed by atoms with Gasteiger partial charge in [0.1, 0.15) is 5.75 Å². The number of benzene rings is 3. The summed E-state index contributed by atoms with van der Waals surface area (Å²) in [6.45, 7) is 8.99. The molecule has 1 aliphatic heterocycles. The lowest BCUT2D eigenvalue weighted by Crippen LogP contribution is -2.40. The van der Waals surface area contributed by atoms with Crippen molar-refractivity contribution in [1.29, 1.82) is 0 Å². The molecule has 0 saturated heterocycles. The van der Waals surface area contributed by atoms with Crippen LogP contribution in [0.15, 0.2) is 94.2 Å². The Hall–Kier alpha value is -4.23. The molecule has 4 aromatic rings. The summed E-state index contributed by atoms with van der Waals surface area (Å²) < 4.78 is 13.4. The van der Waals surface area contributed by atoms with Crippen molar-refractivity contribution in [3.8, 4) is 5.75 Å². The van der Waals surface area contributed by atoms with Gasteiger partial charge in [-0.05, 0) is 54.2 Å². The SMILES string of the molecule is CCCOc1ccc(/C=c2\sc3n(c2=O)[C@H](c2ccc(C(C)C)cc2)C(C(=O)OCC)=C(c2ccccc2)N=3)cc1. The molecule has 41 heavy (non-hydrogen) atoms. The van der Waals surface area contributed by atoms with Crippen LogP contribution in [0.1, 0.15) is 68.3 Å². The largest absolute Gasteiger partial charge is 0.494 e. The summed E-state index contributed by atoms with van der Waals surface area (Å²) >= 11 is 1.32. The van der Waals surface area contributed by atoms with Gasteiger partial charge in [0.2, 0.25) is 0 Å². The van der Waals surface area contributed by atoms with Crippen molar-refractivity contribution in [1.82, 2.24) is 4.57 Å². The van der Waals surface area contributed by atoms with Gasteiger partial charge in [-0.1, -0.05) is 98.8 Å². The predicted molar refractivity (Wildman–Crippen MR) is 164 cm³/mol. The number of carbonyl (C=O) groups is 1. The minimum Gasteiger partial charge on any atom is -0.494 e. The highest BCUT2D eigenvalue weighted by Crippen LogP contribution is 2.35. The first-order chi connectivity index (χ1) is 19.9. The summed E-state index contributed by atoms with van der Waals surface area (Å²) in [5.41, 5.74) is 4.35. The molecule has 2 heterocycles. The number of nitrogens with zero attached hydrogens (tertiary/aromatic N) is 2. The summed E-state index contributed by atoms with van der Waals surface area (Å²) in [5.74, 6) is 0.664. The van der Waals surface area contributed by atoms with Crippen LogP contribution in [0.25, 0.3) is 11.8 Å². The number of rotatable bonds is 9. The van der Waals surface area contributed by atoms with E-state index in [1.165, 1.54) is 16.9 Å². The molecule has 0 fully saturated rings. The standard InChI is InChI=1S/C34H34N2O4S/c1-5-20-40-27-18-12-23(13-19-27)21-28-32(37)36-31(26-16-14-24(15-17-26)22(3)4)29(33(38)39-6-2)30(35-34(36)41-28)25-10-8-7-9-11-25/h7-19,21-22,31H,5-6,20H2,1-4H3/b28-21-/t31-/m1/s1. The van der Waals surface area contributed by atoms with Gasteiger partial charge in [0.15, 0.2) is 4.80 Å². The van der Waals surface area contributed by atoms with Crippen LogP contribution in [0.3, 0.4) is 0 Å². The number of fused-ring (bicyclic) bond motifs is 1. The Morgan fingerprint density at radius 2 is 1.71 bits per heavy atom. The Labute approximate surface area is 243 Å². The molecule has 0 radical (unpaired) electrons. The molecule has 0 bridgehead atoms. The lowest BCUT2D eigenvalue weighted by Gasteiger charge is -2.26. The molecule has 0 N–H and O–H groups in total. The summed E-state index contributed by atoms with van der Waals surface area (Å²) in [4.78, 5) is 33.1. The molecule has 1 aliphatic rings. The lowest BCUT2D eigenvalue weighted by atomic mass is 9.91. The van der Waals surface area contributed by atoms with E-state index in [0.29, 0.717) is 33.1 Å². The van der Waals surface area contributed by atoms with Crippen LogP contribution in [0.2, 0.25) is 0 Å². The van der Waals surface area contributed by atoms with E-state index in [4.69, 9.17) is 14.5 Å². The third-order valence-corrected chi connectivity index (χ3v) is 7.93. The first kappa shape index (κ1) is 28.3. The monoisotopic (exact) mass is 566 g/mol. The van der Waals surface area contributed by atoms with Crippen molar-refractivity contribution >= 4 is 29.1 Å². The van der Waals surface area contributed by atoms with E-state index >= 15 is 0 Å². The molecule has 1 atom stereocenters. The van der Waals surface area contributed by atoms with Gasteiger partial charge < -0.3 is 9.47 Å². The van der Waals surface area contributed by atoms with Crippen molar-refractivity contribution < 1.29 is 14.3 Å². The topological polar surface area (TPSA) is 69.9 Å². The normalized spacial score (nSPS) is 15.0. The van der Waals surface area contributed by atoms with E-state index in [1.807, 2.05) is 72.8 Å². The Kier molecular flexibility index (Phi) is 8.64. The molecule has 7 heteroatoms. The number of esters is 1. The number of ether oxygens (including phenoxy) is 2. The van der Waals surface area contributed by atoms with Crippen LogP contribution in [-0.2, 0) is 9.53 Å². The highest BCUT2D eigenvalue weighted by molar-refractivity contribution is 7.07. The Bertz CT molecular complexity index is 1730. The van der Waals surface area contributed by atoms with Gasteiger partial charge in [0.25, 0.3) is 5.56 Å². The second-order valence-electron chi connectivity index (χ2n) is 10.2. The molecule has 0 aliphatic carbocycles. The average Bonchev–Trinajstić information content (AvgIpc) is 3.30. The van der Waals surface area contributed by atoms with E-state index < -0.39 is 12.0 Å². The second-order valence-corrected chi connectivity index (χ2v) is 11.2. The van der Waals surface area contributed by atoms with Crippen molar-refractivity contribution in [2.24, 2.45) is 4.99 Å². The fourth-order valence-electron chi connectivity index (χ4n) is 4.85. The minimum absolute atomic E-state index is 0.202. The number of hydrogen-bond acceptors (Lipinski definition) is 6. The Morgan fingerprint density at radius 1 is 1.00 bits per heavy atom. The molecule has 6 nitrogen and oxygen atoms in total. The Morgan fingerprint density at radius 3 is 2.34 bits per heavy atom. The van der Waals surface area contributed by atoms with Gasteiger partial charge in [-0.2, -0.15) is 0 Å². The van der Waals surface area contributed by atoms with Crippen LogP contribution in [0.5, 0.6) is 5.75 Å². The maximum Gasteiger partial charge on any atom is 0.338 e. The highest BCUT2D eigenvalue weighted by atomic mass is 32.1. The molecule has 0 unspecified atom stereocenters. The zero-order valence-electron chi connectivity index (χ0n) is 23.8. The lowest BCUT2D eigenvalue weighted by molar-refractivity contribution is -0.138. The second kappa shape index (κ2) is 12.5. The summed E-state index contributed by atoms with van der Waals surface area (Å²) in [7, 11) is 0. The smallest absolute Gasteiger partial charge is 0.338 e. The molecule has 0 spiro atoms. The van der Waals surface area contributed by atoms with Crippen LogP contribution in [0.4, 0.5) is 0 Å².